The molecule has 0 bridgehead atoms. The zero-order chi connectivity index (χ0) is 14.5. The Balaban J connectivity index is 1.93. The average Bonchev–Trinajstić information content (AvgIpc) is 2.46. The van der Waals surface area contributed by atoms with Gasteiger partial charge in [0.15, 0.2) is 0 Å². The lowest BCUT2D eigenvalue weighted by atomic mass is 9.78. The SMILES string of the molecule is Cc1ccc(CNC(=O)[C@H]2CCCC[C@@H]2C(=O)[O-])cc1. The lowest BCUT2D eigenvalue weighted by Crippen LogP contribution is -2.44. The normalized spacial score (nSPS) is 22.2. The third kappa shape index (κ3) is 3.59. The lowest BCUT2D eigenvalue weighted by molar-refractivity contribution is -0.314. The number of aryl methyl sites for hydroxylation is 1. The Morgan fingerprint density at radius 2 is 1.75 bits per heavy atom. The summed E-state index contributed by atoms with van der Waals surface area (Å²) >= 11 is 0. The largest absolute Gasteiger partial charge is 0.550 e. The highest BCUT2D eigenvalue weighted by Gasteiger charge is 2.31. The third-order valence-electron chi connectivity index (χ3n) is 3.99. The molecule has 1 amide bonds. The minimum atomic E-state index is -1.10. The summed E-state index contributed by atoms with van der Waals surface area (Å²) in [6, 6.07) is 7.91. The summed E-state index contributed by atoms with van der Waals surface area (Å²) in [6.07, 6.45) is 2.95. The van der Waals surface area contributed by atoms with Crippen LogP contribution in [0.3, 0.4) is 0 Å². The molecule has 1 saturated carbocycles. The molecule has 108 valence electrons. The molecule has 0 unspecified atom stereocenters. The van der Waals surface area contributed by atoms with E-state index < -0.39 is 17.8 Å². The monoisotopic (exact) mass is 274 g/mol. The fourth-order valence-electron chi connectivity index (χ4n) is 2.75. The summed E-state index contributed by atoms with van der Waals surface area (Å²) in [6.45, 7) is 2.45. The first-order chi connectivity index (χ1) is 9.58. The predicted molar refractivity (Wildman–Crippen MR) is 73.5 cm³/mol. The van der Waals surface area contributed by atoms with Gasteiger partial charge in [-0.15, -0.1) is 0 Å². The summed E-state index contributed by atoms with van der Waals surface area (Å²) in [7, 11) is 0. The van der Waals surface area contributed by atoms with Crippen molar-refractivity contribution in [2.24, 2.45) is 11.8 Å². The molecular formula is C16H20NO3-. The Morgan fingerprint density at radius 1 is 1.15 bits per heavy atom. The fraction of sp³-hybridized carbons (Fsp3) is 0.500. The summed E-state index contributed by atoms with van der Waals surface area (Å²) in [4.78, 5) is 23.2. The first kappa shape index (κ1) is 14.6. The van der Waals surface area contributed by atoms with Crippen molar-refractivity contribution in [1.29, 1.82) is 0 Å². The molecule has 0 radical (unpaired) electrons. The van der Waals surface area contributed by atoms with Gasteiger partial charge in [0.1, 0.15) is 0 Å². The summed E-state index contributed by atoms with van der Waals surface area (Å²) < 4.78 is 0. The summed E-state index contributed by atoms with van der Waals surface area (Å²) in [5.41, 5.74) is 2.19. The number of hydrogen-bond acceptors (Lipinski definition) is 3. The molecular weight excluding hydrogens is 254 g/mol. The zero-order valence-corrected chi connectivity index (χ0v) is 11.7. The molecule has 20 heavy (non-hydrogen) atoms. The van der Waals surface area contributed by atoms with Gasteiger partial charge < -0.3 is 15.2 Å². The van der Waals surface area contributed by atoms with Crippen LogP contribution in [-0.4, -0.2) is 11.9 Å². The number of nitrogens with one attached hydrogen (secondary N) is 1. The molecule has 2 rings (SSSR count). The van der Waals surface area contributed by atoms with E-state index in [1.54, 1.807) is 0 Å². The Bertz CT molecular complexity index is 481. The van der Waals surface area contributed by atoms with Crippen LogP contribution in [0.1, 0.15) is 36.8 Å². The third-order valence-corrected chi connectivity index (χ3v) is 3.99. The lowest BCUT2D eigenvalue weighted by Gasteiger charge is -2.31. The van der Waals surface area contributed by atoms with Crippen molar-refractivity contribution in [2.45, 2.75) is 39.2 Å². The maximum Gasteiger partial charge on any atom is 0.224 e. The van der Waals surface area contributed by atoms with Crippen molar-refractivity contribution in [2.75, 3.05) is 0 Å². The highest BCUT2D eigenvalue weighted by atomic mass is 16.4. The molecule has 1 aromatic rings. The second kappa shape index (κ2) is 6.55. The number of amides is 1. The quantitative estimate of drug-likeness (QED) is 0.896. The van der Waals surface area contributed by atoms with Crippen LogP contribution in [0.15, 0.2) is 24.3 Å². The van der Waals surface area contributed by atoms with Crippen molar-refractivity contribution in [3.8, 4) is 0 Å². The molecule has 0 heterocycles. The minimum Gasteiger partial charge on any atom is -0.550 e. The number of carbonyl (C=O) groups is 2. The second-order valence-corrected chi connectivity index (χ2v) is 5.52. The number of carboxylic acids is 1. The van der Waals surface area contributed by atoms with Crippen LogP contribution in [0.4, 0.5) is 0 Å². The molecule has 1 aliphatic carbocycles. The Kier molecular flexibility index (Phi) is 4.77. The van der Waals surface area contributed by atoms with Gasteiger partial charge in [0.2, 0.25) is 5.91 Å². The highest BCUT2D eigenvalue weighted by Crippen LogP contribution is 2.29. The van der Waals surface area contributed by atoms with E-state index >= 15 is 0 Å². The molecule has 2 atom stereocenters. The van der Waals surface area contributed by atoms with Crippen LogP contribution >= 0.6 is 0 Å². The first-order valence-corrected chi connectivity index (χ1v) is 7.12. The molecule has 4 heteroatoms. The Hall–Kier alpha value is -1.84. The van der Waals surface area contributed by atoms with Gasteiger partial charge in [0.25, 0.3) is 0 Å². The van der Waals surface area contributed by atoms with E-state index in [4.69, 9.17) is 0 Å². The van der Waals surface area contributed by atoms with E-state index in [2.05, 4.69) is 5.32 Å². The minimum absolute atomic E-state index is 0.167. The van der Waals surface area contributed by atoms with Crippen LogP contribution in [0.2, 0.25) is 0 Å². The highest BCUT2D eigenvalue weighted by molar-refractivity contribution is 5.84. The van der Waals surface area contributed by atoms with Crippen molar-refractivity contribution in [3.05, 3.63) is 35.4 Å². The van der Waals surface area contributed by atoms with Gasteiger partial charge in [-0.05, 0) is 25.3 Å². The van der Waals surface area contributed by atoms with E-state index in [0.717, 1.165) is 18.4 Å². The molecule has 1 aromatic carbocycles. The van der Waals surface area contributed by atoms with Crippen LogP contribution in [0.25, 0.3) is 0 Å². The van der Waals surface area contributed by atoms with Gasteiger partial charge in [-0.2, -0.15) is 0 Å². The van der Waals surface area contributed by atoms with Crippen LogP contribution in [0.5, 0.6) is 0 Å². The fourth-order valence-corrected chi connectivity index (χ4v) is 2.75. The van der Waals surface area contributed by atoms with Crippen molar-refractivity contribution in [3.63, 3.8) is 0 Å². The molecule has 0 saturated heterocycles. The number of rotatable bonds is 4. The van der Waals surface area contributed by atoms with E-state index in [1.165, 1.54) is 5.56 Å². The van der Waals surface area contributed by atoms with Gasteiger partial charge in [0.05, 0.1) is 0 Å². The molecule has 1 N–H and O–H groups in total. The topological polar surface area (TPSA) is 69.2 Å². The number of aliphatic carboxylic acids is 1. The van der Waals surface area contributed by atoms with E-state index in [-0.39, 0.29) is 5.91 Å². The number of hydrogen-bond donors (Lipinski definition) is 1. The van der Waals surface area contributed by atoms with Crippen molar-refractivity contribution in [1.82, 2.24) is 5.32 Å². The van der Waals surface area contributed by atoms with Gasteiger partial charge in [-0.3, -0.25) is 4.79 Å². The van der Waals surface area contributed by atoms with Crippen molar-refractivity contribution < 1.29 is 14.7 Å². The zero-order valence-electron chi connectivity index (χ0n) is 11.7. The smallest absolute Gasteiger partial charge is 0.224 e. The summed E-state index contributed by atoms with van der Waals surface area (Å²) in [5.74, 6) is -2.35. The van der Waals surface area contributed by atoms with Gasteiger partial charge in [0, 0.05) is 24.3 Å². The molecule has 1 fully saturated rings. The molecule has 4 nitrogen and oxygen atoms in total. The van der Waals surface area contributed by atoms with E-state index in [0.29, 0.717) is 19.4 Å². The molecule has 0 spiro atoms. The second-order valence-electron chi connectivity index (χ2n) is 5.52. The Morgan fingerprint density at radius 3 is 2.35 bits per heavy atom. The average molecular weight is 274 g/mol. The maximum absolute atomic E-state index is 12.2. The summed E-state index contributed by atoms with van der Waals surface area (Å²) in [5, 5.41) is 13.9. The Labute approximate surface area is 119 Å². The maximum atomic E-state index is 12.2. The molecule has 1 aliphatic rings. The number of carbonyl (C=O) groups excluding carboxylic acids is 2. The number of benzene rings is 1. The van der Waals surface area contributed by atoms with Gasteiger partial charge in [-0.1, -0.05) is 42.7 Å². The van der Waals surface area contributed by atoms with E-state index in [9.17, 15) is 14.7 Å². The molecule has 0 aliphatic heterocycles. The van der Waals surface area contributed by atoms with Gasteiger partial charge >= 0.3 is 0 Å². The molecule has 0 aromatic heterocycles. The van der Waals surface area contributed by atoms with Crippen LogP contribution in [0, 0.1) is 18.8 Å². The van der Waals surface area contributed by atoms with Crippen LogP contribution in [-0.2, 0) is 16.1 Å². The standard InChI is InChI=1S/C16H21NO3/c1-11-6-8-12(9-7-11)10-17-15(18)13-4-2-3-5-14(13)16(19)20/h6-9,13-14H,2-5,10H2,1H3,(H,17,18)(H,19,20)/p-1/t13-,14-/m0/s1. The predicted octanol–water partition coefficient (Wildman–Crippen LogP) is 1.17. The van der Waals surface area contributed by atoms with Gasteiger partial charge in [-0.25, -0.2) is 0 Å². The number of carboxylic acid groups (broad SMARTS) is 1. The van der Waals surface area contributed by atoms with Crippen LogP contribution < -0.4 is 10.4 Å². The van der Waals surface area contributed by atoms with E-state index in [1.807, 2.05) is 31.2 Å². The van der Waals surface area contributed by atoms with Crippen molar-refractivity contribution >= 4 is 11.9 Å². The first-order valence-electron chi connectivity index (χ1n) is 7.12.